The average molecular weight is 404 g/mol. The lowest BCUT2D eigenvalue weighted by Gasteiger charge is -2.28. The number of halogens is 1. The van der Waals surface area contributed by atoms with Crippen LogP contribution in [0.5, 0.6) is 0 Å². The van der Waals surface area contributed by atoms with Crippen molar-refractivity contribution < 1.29 is 4.74 Å². The minimum Gasteiger partial charge on any atom is -0.378 e. The van der Waals surface area contributed by atoms with Crippen molar-refractivity contribution in [3.8, 4) is 0 Å². The van der Waals surface area contributed by atoms with E-state index in [0.717, 1.165) is 56.1 Å². The second kappa shape index (κ2) is 9.85. The molecule has 1 aromatic carbocycles. The molecule has 1 N–H and O–H groups in total. The van der Waals surface area contributed by atoms with E-state index in [1.807, 2.05) is 30.9 Å². The van der Waals surface area contributed by atoms with E-state index in [2.05, 4.69) is 46.3 Å². The number of aliphatic imine (C=N–C) groups is 1. The Balaban J connectivity index is 1.63. The first-order valence-electron chi connectivity index (χ1n) is 9.78. The molecule has 152 valence electrons. The summed E-state index contributed by atoms with van der Waals surface area (Å²) in [6.45, 7) is 7.81. The molecule has 2 aromatic rings. The molecule has 1 fully saturated rings. The highest BCUT2D eigenvalue weighted by Crippen LogP contribution is 2.17. The van der Waals surface area contributed by atoms with Crippen molar-refractivity contribution in [3.63, 3.8) is 0 Å². The maximum absolute atomic E-state index is 6.10. The van der Waals surface area contributed by atoms with E-state index < -0.39 is 0 Å². The van der Waals surface area contributed by atoms with Crippen LogP contribution in [0.3, 0.4) is 0 Å². The van der Waals surface area contributed by atoms with Crippen LogP contribution in [0.15, 0.2) is 41.5 Å². The highest BCUT2D eigenvalue weighted by Gasteiger charge is 2.12. The van der Waals surface area contributed by atoms with Crippen LogP contribution < -0.4 is 10.2 Å². The summed E-state index contributed by atoms with van der Waals surface area (Å²) < 4.78 is 7.47. The molecule has 0 spiro atoms. The predicted molar refractivity (Wildman–Crippen MR) is 116 cm³/mol. The second-order valence-electron chi connectivity index (χ2n) is 7.05. The van der Waals surface area contributed by atoms with Crippen molar-refractivity contribution in [1.29, 1.82) is 0 Å². The van der Waals surface area contributed by atoms with Crippen molar-refractivity contribution in [3.05, 3.63) is 52.8 Å². The number of morpholine rings is 1. The summed E-state index contributed by atoms with van der Waals surface area (Å²) >= 11 is 6.10. The number of nitrogens with one attached hydrogen (secondary N) is 1. The molecule has 0 bridgehead atoms. The molecule has 1 saturated heterocycles. The van der Waals surface area contributed by atoms with Crippen LogP contribution in [0.2, 0.25) is 5.02 Å². The van der Waals surface area contributed by atoms with Crippen LogP contribution >= 0.6 is 11.6 Å². The van der Waals surface area contributed by atoms with Crippen LogP contribution in [0.4, 0.5) is 5.69 Å². The molecule has 7 heteroatoms. The molecule has 0 aliphatic carbocycles. The Bertz CT molecular complexity index is 781. The zero-order chi connectivity index (χ0) is 19.9. The van der Waals surface area contributed by atoms with E-state index in [1.54, 1.807) is 0 Å². The summed E-state index contributed by atoms with van der Waals surface area (Å²) in [5.74, 6) is 0.886. The fourth-order valence-corrected chi connectivity index (χ4v) is 3.58. The highest BCUT2D eigenvalue weighted by molar-refractivity contribution is 6.30. The average Bonchev–Trinajstić information content (AvgIpc) is 3.03. The molecule has 0 radical (unpaired) electrons. The van der Waals surface area contributed by atoms with Crippen LogP contribution in [0.25, 0.3) is 0 Å². The zero-order valence-corrected chi connectivity index (χ0v) is 17.7. The van der Waals surface area contributed by atoms with E-state index in [1.165, 1.54) is 11.3 Å². The number of aryl methyl sites for hydroxylation is 1. The van der Waals surface area contributed by atoms with Gasteiger partial charge in [-0.3, -0.25) is 0 Å². The first-order valence-corrected chi connectivity index (χ1v) is 10.2. The maximum atomic E-state index is 6.10. The molecule has 0 amide bonds. The standard InChI is InChI=1S/C21H30ClN5O/c1-4-23-21(26(3)16-20-13-18(22)15-25(20)2)24-14-17-5-7-19(8-6-17)27-9-11-28-12-10-27/h5-8,13,15H,4,9-12,14,16H2,1-3H3,(H,23,24). The van der Waals surface area contributed by atoms with Gasteiger partial charge in [-0.25, -0.2) is 4.99 Å². The zero-order valence-electron chi connectivity index (χ0n) is 17.0. The lowest BCUT2D eigenvalue weighted by atomic mass is 10.2. The first kappa shape index (κ1) is 20.6. The Hall–Kier alpha value is -2.18. The quantitative estimate of drug-likeness (QED) is 0.594. The van der Waals surface area contributed by atoms with Gasteiger partial charge in [0.05, 0.1) is 31.3 Å². The van der Waals surface area contributed by atoms with E-state index in [9.17, 15) is 0 Å². The van der Waals surface area contributed by atoms with Gasteiger partial charge in [0.25, 0.3) is 0 Å². The summed E-state index contributed by atoms with van der Waals surface area (Å²) in [7, 11) is 4.05. The molecule has 1 aliphatic rings. The Morgan fingerprint density at radius 1 is 1.25 bits per heavy atom. The smallest absolute Gasteiger partial charge is 0.194 e. The molecule has 0 unspecified atom stereocenters. The van der Waals surface area contributed by atoms with Gasteiger partial charge in [-0.2, -0.15) is 0 Å². The van der Waals surface area contributed by atoms with E-state index in [-0.39, 0.29) is 0 Å². The summed E-state index contributed by atoms with van der Waals surface area (Å²) in [6, 6.07) is 10.7. The maximum Gasteiger partial charge on any atom is 0.194 e. The Kier molecular flexibility index (Phi) is 7.23. The van der Waals surface area contributed by atoms with Crippen LogP contribution in [-0.4, -0.2) is 55.3 Å². The monoisotopic (exact) mass is 403 g/mol. The summed E-state index contributed by atoms with van der Waals surface area (Å²) in [5, 5.41) is 4.13. The number of guanidine groups is 1. The number of nitrogens with zero attached hydrogens (tertiary/aromatic N) is 4. The molecule has 6 nitrogen and oxygen atoms in total. The van der Waals surface area contributed by atoms with Crippen molar-refractivity contribution >= 4 is 23.2 Å². The minimum atomic E-state index is 0.643. The summed E-state index contributed by atoms with van der Waals surface area (Å²) in [6.07, 6.45) is 1.92. The SMILES string of the molecule is CCNC(=NCc1ccc(N2CCOCC2)cc1)N(C)Cc1cc(Cl)cn1C. The topological polar surface area (TPSA) is 45.0 Å². The third-order valence-electron chi connectivity index (χ3n) is 4.89. The molecule has 1 aromatic heterocycles. The minimum absolute atomic E-state index is 0.643. The first-order chi connectivity index (χ1) is 13.6. The van der Waals surface area contributed by atoms with Gasteiger partial charge in [0.1, 0.15) is 0 Å². The lowest BCUT2D eigenvalue weighted by Crippen LogP contribution is -2.38. The van der Waals surface area contributed by atoms with Crippen molar-refractivity contribution in [2.24, 2.45) is 12.0 Å². The van der Waals surface area contributed by atoms with Gasteiger partial charge in [-0.05, 0) is 30.7 Å². The predicted octanol–water partition coefficient (Wildman–Crippen LogP) is 3.11. The number of anilines is 1. The largest absolute Gasteiger partial charge is 0.378 e. The molecule has 1 aliphatic heterocycles. The molecule has 3 rings (SSSR count). The van der Waals surface area contributed by atoms with Gasteiger partial charge in [0.15, 0.2) is 5.96 Å². The molecular formula is C21H30ClN5O. The Morgan fingerprint density at radius 3 is 2.57 bits per heavy atom. The third kappa shape index (κ3) is 5.42. The van der Waals surface area contributed by atoms with Crippen molar-refractivity contribution in [2.75, 3.05) is 44.8 Å². The summed E-state index contributed by atoms with van der Waals surface area (Å²) in [4.78, 5) is 9.30. The third-order valence-corrected chi connectivity index (χ3v) is 5.10. The lowest BCUT2D eigenvalue weighted by molar-refractivity contribution is 0.122. The molecule has 0 atom stereocenters. The summed E-state index contributed by atoms with van der Waals surface area (Å²) in [5.41, 5.74) is 3.59. The fraction of sp³-hybridized carbons (Fsp3) is 0.476. The van der Waals surface area contributed by atoms with Crippen LogP contribution in [-0.2, 0) is 24.9 Å². The van der Waals surface area contributed by atoms with Gasteiger partial charge in [0, 0.05) is 51.3 Å². The number of benzene rings is 1. The van der Waals surface area contributed by atoms with E-state index in [4.69, 9.17) is 21.3 Å². The second-order valence-corrected chi connectivity index (χ2v) is 7.49. The Morgan fingerprint density at radius 2 is 1.96 bits per heavy atom. The number of aromatic nitrogens is 1. The molecule has 28 heavy (non-hydrogen) atoms. The van der Waals surface area contributed by atoms with Gasteiger partial charge < -0.3 is 24.4 Å². The van der Waals surface area contributed by atoms with E-state index in [0.29, 0.717) is 6.54 Å². The number of hydrogen-bond donors (Lipinski definition) is 1. The van der Waals surface area contributed by atoms with Gasteiger partial charge >= 0.3 is 0 Å². The van der Waals surface area contributed by atoms with Crippen LogP contribution in [0.1, 0.15) is 18.2 Å². The highest BCUT2D eigenvalue weighted by atomic mass is 35.5. The fourth-order valence-electron chi connectivity index (χ4n) is 3.31. The van der Waals surface area contributed by atoms with Crippen molar-refractivity contribution in [2.45, 2.75) is 20.0 Å². The van der Waals surface area contributed by atoms with Gasteiger partial charge in [0.2, 0.25) is 0 Å². The van der Waals surface area contributed by atoms with Crippen molar-refractivity contribution in [1.82, 2.24) is 14.8 Å². The Labute approximate surface area is 172 Å². The molecule has 2 heterocycles. The van der Waals surface area contributed by atoms with E-state index >= 15 is 0 Å². The molecular weight excluding hydrogens is 374 g/mol. The number of hydrogen-bond acceptors (Lipinski definition) is 3. The number of rotatable bonds is 6. The molecule has 0 saturated carbocycles. The normalized spacial score (nSPS) is 15.0. The van der Waals surface area contributed by atoms with Crippen LogP contribution in [0, 0.1) is 0 Å². The van der Waals surface area contributed by atoms with Gasteiger partial charge in [-0.1, -0.05) is 23.7 Å². The van der Waals surface area contributed by atoms with Gasteiger partial charge in [-0.15, -0.1) is 0 Å². The number of ether oxygens (including phenoxy) is 1.